The summed E-state index contributed by atoms with van der Waals surface area (Å²) < 4.78 is 0. The molecule has 0 amide bonds. The van der Waals surface area contributed by atoms with Crippen molar-refractivity contribution < 1.29 is 0 Å². The van der Waals surface area contributed by atoms with Crippen LogP contribution in [0.3, 0.4) is 0 Å². The van der Waals surface area contributed by atoms with E-state index in [1.54, 1.807) is 0 Å². The van der Waals surface area contributed by atoms with Gasteiger partial charge in [-0.2, -0.15) is 0 Å². The number of pyridine rings is 1. The second kappa shape index (κ2) is 5.96. The van der Waals surface area contributed by atoms with Crippen LogP contribution in [0.5, 0.6) is 0 Å². The Balaban J connectivity index is 2.11. The van der Waals surface area contributed by atoms with Gasteiger partial charge in [0.1, 0.15) is 0 Å². The van der Waals surface area contributed by atoms with Crippen molar-refractivity contribution in [3.63, 3.8) is 0 Å². The van der Waals surface area contributed by atoms with Crippen molar-refractivity contribution in [2.24, 2.45) is 5.92 Å². The molecule has 0 bridgehead atoms. The molecule has 0 spiro atoms. The maximum absolute atomic E-state index is 4.41. The SMILES string of the molecule is CC(CNC(C)C)Cc1cccc2ncccc12. The van der Waals surface area contributed by atoms with E-state index in [1.807, 2.05) is 12.3 Å². The van der Waals surface area contributed by atoms with Gasteiger partial charge in [0, 0.05) is 17.6 Å². The molecule has 0 fully saturated rings. The van der Waals surface area contributed by atoms with Crippen LogP contribution in [0.2, 0.25) is 0 Å². The largest absolute Gasteiger partial charge is 0.314 e. The van der Waals surface area contributed by atoms with Crippen molar-refractivity contribution in [3.05, 3.63) is 42.1 Å². The van der Waals surface area contributed by atoms with E-state index in [9.17, 15) is 0 Å². The molecule has 2 rings (SSSR count). The first-order valence-corrected chi connectivity index (χ1v) is 6.73. The maximum atomic E-state index is 4.41. The van der Waals surface area contributed by atoms with Crippen LogP contribution in [0, 0.1) is 5.92 Å². The van der Waals surface area contributed by atoms with Crippen molar-refractivity contribution in [1.82, 2.24) is 10.3 Å². The minimum absolute atomic E-state index is 0.557. The lowest BCUT2D eigenvalue weighted by Gasteiger charge is -2.15. The van der Waals surface area contributed by atoms with Gasteiger partial charge in [0.25, 0.3) is 0 Å². The Kier molecular flexibility index (Phi) is 4.32. The number of benzene rings is 1. The molecule has 18 heavy (non-hydrogen) atoms. The molecule has 2 nitrogen and oxygen atoms in total. The first-order chi connectivity index (χ1) is 8.66. The number of hydrogen-bond acceptors (Lipinski definition) is 2. The van der Waals surface area contributed by atoms with E-state index in [-0.39, 0.29) is 0 Å². The van der Waals surface area contributed by atoms with Crippen LogP contribution in [0.15, 0.2) is 36.5 Å². The molecular formula is C16H22N2. The summed E-state index contributed by atoms with van der Waals surface area (Å²) in [4.78, 5) is 4.41. The van der Waals surface area contributed by atoms with Gasteiger partial charge >= 0.3 is 0 Å². The first-order valence-electron chi connectivity index (χ1n) is 6.73. The van der Waals surface area contributed by atoms with Gasteiger partial charge in [-0.1, -0.05) is 39.0 Å². The summed E-state index contributed by atoms with van der Waals surface area (Å²) in [5.74, 6) is 0.637. The van der Waals surface area contributed by atoms with Crippen LogP contribution in [0.4, 0.5) is 0 Å². The van der Waals surface area contributed by atoms with Gasteiger partial charge in [-0.3, -0.25) is 4.98 Å². The topological polar surface area (TPSA) is 24.9 Å². The highest BCUT2D eigenvalue weighted by Crippen LogP contribution is 2.19. The van der Waals surface area contributed by atoms with Crippen molar-refractivity contribution in [1.29, 1.82) is 0 Å². The van der Waals surface area contributed by atoms with Crippen molar-refractivity contribution in [2.45, 2.75) is 33.2 Å². The minimum atomic E-state index is 0.557. The fourth-order valence-corrected chi connectivity index (χ4v) is 2.23. The number of aromatic nitrogens is 1. The van der Waals surface area contributed by atoms with Crippen LogP contribution >= 0.6 is 0 Å². The summed E-state index contributed by atoms with van der Waals surface area (Å²) in [6, 6.07) is 11.1. The van der Waals surface area contributed by atoms with Gasteiger partial charge in [-0.25, -0.2) is 0 Å². The van der Waals surface area contributed by atoms with E-state index >= 15 is 0 Å². The Morgan fingerprint density at radius 1 is 1.11 bits per heavy atom. The van der Waals surface area contributed by atoms with Gasteiger partial charge in [0.2, 0.25) is 0 Å². The monoisotopic (exact) mass is 242 g/mol. The van der Waals surface area contributed by atoms with Crippen LogP contribution in [0.1, 0.15) is 26.3 Å². The second-order valence-electron chi connectivity index (χ2n) is 5.36. The summed E-state index contributed by atoms with van der Waals surface area (Å²) in [6.07, 6.45) is 2.96. The third-order valence-electron chi connectivity index (χ3n) is 3.18. The van der Waals surface area contributed by atoms with Gasteiger partial charge in [-0.05, 0) is 36.6 Å². The molecule has 1 aromatic carbocycles. The zero-order valence-electron chi connectivity index (χ0n) is 11.5. The lowest BCUT2D eigenvalue weighted by Crippen LogP contribution is -2.28. The molecule has 2 aromatic rings. The van der Waals surface area contributed by atoms with E-state index < -0.39 is 0 Å². The fraction of sp³-hybridized carbons (Fsp3) is 0.438. The fourth-order valence-electron chi connectivity index (χ4n) is 2.23. The Labute approximate surface area is 109 Å². The van der Waals surface area contributed by atoms with Gasteiger partial charge < -0.3 is 5.32 Å². The summed E-state index contributed by atoms with van der Waals surface area (Å²) in [6.45, 7) is 7.74. The van der Waals surface area contributed by atoms with Crippen molar-refractivity contribution in [2.75, 3.05) is 6.54 Å². The summed E-state index contributed by atoms with van der Waals surface area (Å²) >= 11 is 0. The zero-order valence-corrected chi connectivity index (χ0v) is 11.5. The minimum Gasteiger partial charge on any atom is -0.314 e. The molecule has 0 aliphatic heterocycles. The molecule has 1 heterocycles. The van der Waals surface area contributed by atoms with E-state index in [1.165, 1.54) is 10.9 Å². The Morgan fingerprint density at radius 2 is 1.94 bits per heavy atom. The smallest absolute Gasteiger partial charge is 0.0704 e. The van der Waals surface area contributed by atoms with Crippen LogP contribution < -0.4 is 5.32 Å². The third kappa shape index (κ3) is 3.30. The lowest BCUT2D eigenvalue weighted by atomic mass is 9.97. The number of nitrogens with one attached hydrogen (secondary N) is 1. The van der Waals surface area contributed by atoms with Gasteiger partial charge in [-0.15, -0.1) is 0 Å². The van der Waals surface area contributed by atoms with Crippen LogP contribution in [0.25, 0.3) is 10.9 Å². The van der Waals surface area contributed by atoms with E-state index in [0.717, 1.165) is 18.5 Å². The van der Waals surface area contributed by atoms with Crippen molar-refractivity contribution in [3.8, 4) is 0 Å². The number of hydrogen-bond donors (Lipinski definition) is 1. The molecule has 1 atom stereocenters. The molecule has 0 radical (unpaired) electrons. The molecule has 0 saturated carbocycles. The third-order valence-corrected chi connectivity index (χ3v) is 3.18. The normalized spacial score (nSPS) is 13.1. The maximum Gasteiger partial charge on any atom is 0.0704 e. The molecule has 1 N–H and O–H groups in total. The number of rotatable bonds is 5. The molecule has 2 heteroatoms. The molecule has 0 aliphatic rings. The average molecular weight is 242 g/mol. The molecule has 0 aliphatic carbocycles. The predicted molar refractivity (Wildman–Crippen MR) is 77.7 cm³/mol. The molecule has 1 unspecified atom stereocenters. The Bertz CT molecular complexity index is 500. The highest BCUT2D eigenvalue weighted by molar-refractivity contribution is 5.81. The second-order valence-corrected chi connectivity index (χ2v) is 5.36. The Hall–Kier alpha value is -1.41. The standard InChI is InChI=1S/C16H22N2/c1-12(2)18-11-13(3)10-14-6-4-8-16-15(14)7-5-9-17-16/h4-9,12-13,18H,10-11H2,1-3H3. The summed E-state index contributed by atoms with van der Waals surface area (Å²) in [5.41, 5.74) is 2.50. The molecule has 0 saturated heterocycles. The number of nitrogens with zero attached hydrogens (tertiary/aromatic N) is 1. The highest BCUT2D eigenvalue weighted by Gasteiger charge is 2.07. The Morgan fingerprint density at radius 3 is 2.72 bits per heavy atom. The molecule has 1 aromatic heterocycles. The van der Waals surface area contributed by atoms with E-state index in [0.29, 0.717) is 12.0 Å². The van der Waals surface area contributed by atoms with Gasteiger partial charge in [0.15, 0.2) is 0 Å². The van der Waals surface area contributed by atoms with E-state index in [4.69, 9.17) is 0 Å². The van der Waals surface area contributed by atoms with E-state index in [2.05, 4.69) is 55.3 Å². The predicted octanol–water partition coefficient (Wildman–Crippen LogP) is 3.41. The summed E-state index contributed by atoms with van der Waals surface area (Å²) in [5, 5.41) is 4.79. The van der Waals surface area contributed by atoms with Gasteiger partial charge in [0.05, 0.1) is 5.52 Å². The average Bonchev–Trinajstić information content (AvgIpc) is 2.37. The zero-order chi connectivity index (χ0) is 13.0. The lowest BCUT2D eigenvalue weighted by molar-refractivity contribution is 0.477. The number of fused-ring (bicyclic) bond motifs is 1. The quantitative estimate of drug-likeness (QED) is 0.869. The first kappa shape index (κ1) is 13.0. The molecule has 96 valence electrons. The molecular weight excluding hydrogens is 220 g/mol. The highest BCUT2D eigenvalue weighted by atomic mass is 14.9. The van der Waals surface area contributed by atoms with Crippen molar-refractivity contribution >= 4 is 10.9 Å². The van der Waals surface area contributed by atoms with Crippen LogP contribution in [-0.2, 0) is 6.42 Å². The van der Waals surface area contributed by atoms with Crippen LogP contribution in [-0.4, -0.2) is 17.6 Å². The summed E-state index contributed by atoms with van der Waals surface area (Å²) in [7, 11) is 0.